The molecule has 0 aliphatic carbocycles. The minimum Gasteiger partial charge on any atom is -0.445 e. The lowest BCUT2D eigenvalue weighted by Gasteiger charge is -2.41. The summed E-state index contributed by atoms with van der Waals surface area (Å²) in [5, 5.41) is 22.0. The van der Waals surface area contributed by atoms with Crippen molar-refractivity contribution in [3.63, 3.8) is 0 Å². The molecule has 0 saturated carbocycles. The molecule has 2 aliphatic heterocycles. The Labute approximate surface area is 500 Å². The van der Waals surface area contributed by atoms with E-state index < -0.39 is 84.4 Å². The maximum Gasteiger partial charge on any atom is 0.412 e. The zero-order valence-electron chi connectivity index (χ0n) is 51.4. The maximum absolute atomic E-state index is 14.9. The van der Waals surface area contributed by atoms with Gasteiger partial charge in [-0.2, -0.15) is 11.8 Å². The van der Waals surface area contributed by atoms with Crippen LogP contribution in [-0.4, -0.2) is 183 Å². The first-order valence-electron chi connectivity index (χ1n) is 29.0. The summed E-state index contributed by atoms with van der Waals surface area (Å²) < 4.78 is 33.9. The fourth-order valence-corrected chi connectivity index (χ4v) is 11.2. The normalized spacial score (nSPS) is 18.9. The number of amides is 7. The molecule has 0 aromatic heterocycles. The predicted octanol–water partition coefficient (Wildman–Crippen LogP) is 6.96. The second-order valence-corrected chi connectivity index (χ2v) is 23.3. The van der Waals surface area contributed by atoms with Crippen molar-refractivity contribution >= 4 is 70.6 Å². The van der Waals surface area contributed by atoms with Crippen LogP contribution in [0.25, 0.3) is 0 Å². The number of hydrogen-bond donors (Lipinski definition) is 5. The van der Waals surface area contributed by atoms with E-state index in [4.69, 9.17) is 28.4 Å². The van der Waals surface area contributed by atoms with Crippen LogP contribution in [0.5, 0.6) is 0 Å². The predicted molar refractivity (Wildman–Crippen MR) is 321 cm³/mol. The lowest BCUT2D eigenvalue weighted by molar-refractivity contribution is -0.149. The third-order valence-corrected chi connectivity index (χ3v) is 16.2. The Kier molecular flexibility index (Phi) is 29.6. The minimum atomic E-state index is -0.997. The van der Waals surface area contributed by atoms with Gasteiger partial charge in [0.25, 0.3) is 0 Å². The topological polar surface area (TPSA) is 270 Å². The Balaban J connectivity index is 1.46. The number of likely N-dealkylation sites (N-methyl/N-ethyl adjacent to an activating group) is 2. The SMILES string of the molecule is CC[C@H](C)[C@@H]([C@@H](CC(=O)N1CCC[C@H]1[C@H](OC)[C@@H](C)C(=O)N[C@H](C)[C@@H](O)c1ccccc1)OC)N(C)C(=O)[C@H](CC(=O)[C@H](C(C)C)N(C)C(=O)OCc1ccc(NC(=O)OC2/C=C/COCOC2)c(NC(=O)CCNC(=O)CSC)c1)C(C)C. The molecule has 84 heavy (non-hydrogen) atoms. The highest BCUT2D eigenvalue weighted by Crippen LogP contribution is 2.32. The Morgan fingerprint density at radius 2 is 1.57 bits per heavy atom. The number of aliphatic hydroxyl groups is 1. The molecule has 2 aromatic carbocycles. The molecule has 2 aliphatic rings. The number of methoxy groups -OCH3 is 2. The van der Waals surface area contributed by atoms with Gasteiger partial charge in [-0.25, -0.2) is 9.59 Å². The number of rotatable bonds is 31. The number of likely N-dealkylation sites (tertiary alicyclic amines) is 1. The quantitative estimate of drug-likeness (QED) is 0.0478. The highest BCUT2D eigenvalue weighted by Gasteiger charge is 2.44. The van der Waals surface area contributed by atoms with Crippen LogP contribution in [0.4, 0.5) is 21.0 Å². The second kappa shape index (κ2) is 35.4. The van der Waals surface area contributed by atoms with Crippen molar-refractivity contribution in [2.45, 2.75) is 149 Å². The molecule has 23 heteroatoms. The van der Waals surface area contributed by atoms with E-state index in [2.05, 4.69) is 21.3 Å². The maximum atomic E-state index is 14.9. The molecule has 468 valence electrons. The molecule has 0 radical (unpaired) electrons. The van der Waals surface area contributed by atoms with Gasteiger partial charge in [0.05, 0.1) is 85.2 Å². The molecule has 4 rings (SSSR count). The van der Waals surface area contributed by atoms with E-state index in [0.29, 0.717) is 36.9 Å². The van der Waals surface area contributed by atoms with Crippen molar-refractivity contribution < 1.29 is 71.9 Å². The molecular formula is C61H93N7O15S. The largest absolute Gasteiger partial charge is 0.445 e. The minimum absolute atomic E-state index is 0.0329. The summed E-state index contributed by atoms with van der Waals surface area (Å²) in [5.41, 5.74) is 1.43. The summed E-state index contributed by atoms with van der Waals surface area (Å²) in [6, 6.07) is 11.1. The number of carbonyl (C=O) groups excluding carboxylic acids is 8. The van der Waals surface area contributed by atoms with Gasteiger partial charge in [0.15, 0.2) is 5.78 Å². The standard InChI is InChI=1S/C61H93N7O15S/c1-14-39(6)55(50(78-11)32-53(72)68-28-18-23-48(68)57(79-12)40(7)58(74)63-41(8)56(73)43-20-16-15-17-21-43)66(9)59(75)45(37(2)3)31-49(69)54(38(4)5)67(10)61(77)82-33-42-24-25-46(65-60(76)83-44-22-19-29-80-36-81-34-44)47(30-42)64-51(70)26-27-62-52(71)35-84-13/h15-17,19-22,24-25,30,37-41,44-45,48,50,54-57,73H,14,18,23,26-29,31-36H2,1-13H3,(H,62,71)(H,63,74)(H,64,70)(H,65,76)/b22-19+/t39-,40+,41+,44?,45+,48-,50+,54-,55-,56+,57+/m0/s1. The van der Waals surface area contributed by atoms with Crippen molar-refractivity contribution in [1.29, 1.82) is 0 Å². The van der Waals surface area contributed by atoms with Crippen LogP contribution in [0, 0.1) is 29.6 Å². The summed E-state index contributed by atoms with van der Waals surface area (Å²) in [5.74, 6) is -4.01. The summed E-state index contributed by atoms with van der Waals surface area (Å²) >= 11 is 1.34. The molecule has 11 atom stereocenters. The van der Waals surface area contributed by atoms with Gasteiger partial charge in [-0.3, -0.25) is 34.1 Å². The van der Waals surface area contributed by atoms with E-state index in [1.165, 1.54) is 50.1 Å². The summed E-state index contributed by atoms with van der Waals surface area (Å²) in [7, 11) is 6.18. The molecule has 5 N–H and O–H groups in total. The van der Waals surface area contributed by atoms with Crippen molar-refractivity contribution in [3.8, 4) is 0 Å². The number of Topliss-reactive ketones (excluding diaryl/α,β-unsaturated/α-hetero) is 1. The molecule has 2 heterocycles. The fraction of sp³-hybridized carbons (Fsp3) is 0.639. The smallest absolute Gasteiger partial charge is 0.412 e. The van der Waals surface area contributed by atoms with Gasteiger partial charge in [-0.1, -0.05) is 97.4 Å². The lowest BCUT2D eigenvalue weighted by Crippen LogP contribution is -2.55. The van der Waals surface area contributed by atoms with Gasteiger partial charge >= 0.3 is 12.2 Å². The van der Waals surface area contributed by atoms with Crippen molar-refractivity contribution in [2.75, 3.05) is 84.1 Å². The third-order valence-electron chi connectivity index (χ3n) is 15.6. The Morgan fingerprint density at radius 1 is 0.857 bits per heavy atom. The second-order valence-electron chi connectivity index (χ2n) is 22.4. The zero-order chi connectivity index (χ0) is 62.2. The van der Waals surface area contributed by atoms with Gasteiger partial charge in [0.1, 0.15) is 19.5 Å². The number of hydrogen-bond acceptors (Lipinski definition) is 16. The van der Waals surface area contributed by atoms with Gasteiger partial charge in [0, 0.05) is 60.2 Å². The van der Waals surface area contributed by atoms with Crippen LogP contribution in [-0.2, 0) is 63.8 Å². The van der Waals surface area contributed by atoms with Crippen molar-refractivity contribution in [2.24, 2.45) is 29.6 Å². The zero-order valence-corrected chi connectivity index (χ0v) is 52.2. The van der Waals surface area contributed by atoms with E-state index in [1.54, 1.807) is 81.1 Å². The van der Waals surface area contributed by atoms with Gasteiger partial charge < -0.3 is 64.2 Å². The van der Waals surface area contributed by atoms with Gasteiger partial charge in [-0.05, 0) is 73.1 Å². The number of carbonyl (C=O) groups is 8. The highest BCUT2D eigenvalue weighted by atomic mass is 32.2. The van der Waals surface area contributed by atoms with E-state index in [1.807, 2.05) is 45.9 Å². The lowest BCUT2D eigenvalue weighted by atomic mass is 9.83. The number of aliphatic hydroxyl groups excluding tert-OH is 1. The Hall–Kier alpha value is -6.11. The molecule has 0 bridgehead atoms. The van der Waals surface area contributed by atoms with Crippen LogP contribution < -0.4 is 21.3 Å². The van der Waals surface area contributed by atoms with Crippen LogP contribution >= 0.6 is 11.8 Å². The Morgan fingerprint density at radius 3 is 2.21 bits per heavy atom. The molecule has 7 amide bonds. The summed E-state index contributed by atoms with van der Waals surface area (Å²) in [6.07, 6.45) is 2.02. The fourth-order valence-electron chi connectivity index (χ4n) is 10.8. The van der Waals surface area contributed by atoms with E-state index in [9.17, 15) is 43.5 Å². The van der Waals surface area contributed by atoms with Crippen molar-refractivity contribution in [3.05, 3.63) is 71.8 Å². The van der Waals surface area contributed by atoms with Gasteiger partial charge in [0.2, 0.25) is 29.5 Å². The van der Waals surface area contributed by atoms with Crippen molar-refractivity contribution in [1.82, 2.24) is 25.3 Å². The monoisotopic (exact) mass is 1200 g/mol. The first-order chi connectivity index (χ1) is 40.0. The first-order valence-corrected chi connectivity index (χ1v) is 30.4. The van der Waals surface area contributed by atoms with Gasteiger partial charge in [-0.15, -0.1) is 0 Å². The van der Waals surface area contributed by atoms with E-state index >= 15 is 0 Å². The van der Waals surface area contributed by atoms with E-state index in [0.717, 1.165) is 0 Å². The number of ether oxygens (including phenoxy) is 6. The van der Waals surface area contributed by atoms with Crippen LogP contribution in [0.3, 0.4) is 0 Å². The average Bonchev–Trinajstić information content (AvgIpc) is 3.44. The molecule has 1 unspecified atom stereocenters. The van der Waals surface area contributed by atoms with Crippen LogP contribution in [0.15, 0.2) is 60.7 Å². The molecular weight excluding hydrogens is 1100 g/mol. The molecule has 2 aromatic rings. The number of benzene rings is 2. The molecule has 1 saturated heterocycles. The number of anilines is 2. The number of thioether (sulfide) groups is 1. The van der Waals surface area contributed by atoms with Crippen LogP contribution in [0.2, 0.25) is 0 Å². The molecule has 22 nitrogen and oxygen atoms in total. The van der Waals surface area contributed by atoms with E-state index in [-0.39, 0.29) is 111 Å². The number of nitrogens with one attached hydrogen (secondary N) is 4. The average molecular weight is 1200 g/mol. The Bertz CT molecular complexity index is 2500. The third kappa shape index (κ3) is 20.8. The summed E-state index contributed by atoms with van der Waals surface area (Å²) in [6.45, 7) is 15.4. The number of ketones is 1. The molecule has 0 spiro atoms. The summed E-state index contributed by atoms with van der Waals surface area (Å²) in [4.78, 5) is 114. The highest BCUT2D eigenvalue weighted by molar-refractivity contribution is 7.99. The first kappa shape index (κ1) is 70.4. The van der Waals surface area contributed by atoms with Crippen LogP contribution in [0.1, 0.15) is 111 Å². The molecule has 1 fully saturated rings. The number of nitrogens with zero attached hydrogens (tertiary/aromatic N) is 3.